The van der Waals surface area contributed by atoms with Crippen molar-refractivity contribution in [3.05, 3.63) is 28.7 Å². The molecule has 1 aliphatic heterocycles. The van der Waals surface area contributed by atoms with Crippen molar-refractivity contribution < 1.29 is 17.6 Å². The van der Waals surface area contributed by atoms with Gasteiger partial charge in [0.2, 0.25) is 15.9 Å². The van der Waals surface area contributed by atoms with Crippen molar-refractivity contribution in [2.45, 2.75) is 50.5 Å². The first-order valence-corrected chi connectivity index (χ1v) is 11.2. The van der Waals surface area contributed by atoms with E-state index in [1.54, 1.807) is 18.0 Å². The van der Waals surface area contributed by atoms with Gasteiger partial charge in [0.15, 0.2) is 5.58 Å². The first kappa shape index (κ1) is 20.6. The number of oxazole rings is 1. The minimum atomic E-state index is -3.58. The van der Waals surface area contributed by atoms with Crippen LogP contribution in [-0.2, 0) is 21.4 Å². The van der Waals surface area contributed by atoms with E-state index in [-0.39, 0.29) is 29.4 Å². The Morgan fingerprint density at radius 1 is 1.25 bits per heavy atom. The third-order valence-electron chi connectivity index (χ3n) is 5.16. The summed E-state index contributed by atoms with van der Waals surface area (Å²) >= 11 is 0. The molecule has 0 N–H and O–H groups in total. The van der Waals surface area contributed by atoms with Gasteiger partial charge in [-0.2, -0.15) is 4.31 Å². The van der Waals surface area contributed by atoms with E-state index < -0.39 is 15.8 Å². The van der Waals surface area contributed by atoms with Crippen molar-refractivity contribution in [3.8, 4) is 0 Å². The topological polar surface area (TPSA) is 92.8 Å². The second kappa shape index (κ2) is 8.48. The number of sulfonamides is 1. The predicted molar refractivity (Wildman–Crippen MR) is 106 cm³/mol. The molecule has 0 radical (unpaired) electrons. The maximum Gasteiger partial charge on any atom is 0.419 e. The summed E-state index contributed by atoms with van der Waals surface area (Å²) in [5, 5.41) is 0. The molecule has 1 aromatic carbocycles. The van der Waals surface area contributed by atoms with E-state index in [0.29, 0.717) is 25.2 Å². The van der Waals surface area contributed by atoms with E-state index in [4.69, 9.17) is 4.42 Å². The minimum Gasteiger partial charge on any atom is -0.408 e. The third kappa shape index (κ3) is 4.15. The molecule has 9 heteroatoms. The Morgan fingerprint density at radius 3 is 2.64 bits per heavy atom. The van der Waals surface area contributed by atoms with Gasteiger partial charge in [-0.25, -0.2) is 13.2 Å². The molecular weight excluding hydrogens is 382 g/mol. The SMILES string of the molecule is CCCCN(C)C(=O)CCn1c(=O)oc2cc(S(=O)(=O)N3CCCC3)ccc21. The fourth-order valence-electron chi connectivity index (χ4n) is 3.41. The van der Waals surface area contributed by atoms with Crippen LogP contribution in [0.3, 0.4) is 0 Å². The van der Waals surface area contributed by atoms with E-state index in [2.05, 4.69) is 6.92 Å². The molecule has 28 heavy (non-hydrogen) atoms. The molecule has 2 heterocycles. The lowest BCUT2D eigenvalue weighted by atomic mass is 10.3. The number of aromatic nitrogens is 1. The van der Waals surface area contributed by atoms with Crippen LogP contribution in [-0.4, -0.2) is 54.8 Å². The molecule has 0 unspecified atom stereocenters. The molecule has 0 atom stereocenters. The largest absolute Gasteiger partial charge is 0.419 e. The summed E-state index contributed by atoms with van der Waals surface area (Å²) in [5.74, 6) is -0.627. The van der Waals surface area contributed by atoms with Crippen molar-refractivity contribution in [2.75, 3.05) is 26.7 Å². The molecule has 3 rings (SSSR count). The number of unbranched alkanes of at least 4 members (excludes halogenated alkanes) is 1. The molecule has 1 aromatic heterocycles. The molecule has 8 nitrogen and oxygen atoms in total. The Kier molecular flexibility index (Phi) is 6.24. The van der Waals surface area contributed by atoms with Crippen LogP contribution in [0, 0.1) is 0 Å². The van der Waals surface area contributed by atoms with Crippen molar-refractivity contribution in [3.63, 3.8) is 0 Å². The van der Waals surface area contributed by atoms with Gasteiger partial charge in [0.05, 0.1) is 10.4 Å². The van der Waals surface area contributed by atoms with Gasteiger partial charge in [-0.1, -0.05) is 13.3 Å². The van der Waals surface area contributed by atoms with E-state index in [9.17, 15) is 18.0 Å². The first-order valence-electron chi connectivity index (χ1n) is 9.72. The fraction of sp³-hybridized carbons (Fsp3) is 0.579. The van der Waals surface area contributed by atoms with Gasteiger partial charge in [0.1, 0.15) is 0 Å². The molecular formula is C19H27N3O5S. The maximum atomic E-state index is 12.7. The average molecular weight is 410 g/mol. The van der Waals surface area contributed by atoms with Gasteiger partial charge in [-0.05, 0) is 31.4 Å². The van der Waals surface area contributed by atoms with E-state index >= 15 is 0 Å². The average Bonchev–Trinajstić information content (AvgIpc) is 3.31. The predicted octanol–water partition coefficient (Wildman–Crippen LogP) is 2.03. The third-order valence-corrected chi connectivity index (χ3v) is 7.06. The number of rotatable bonds is 8. The number of fused-ring (bicyclic) bond motifs is 1. The Hall–Kier alpha value is -2.13. The summed E-state index contributed by atoms with van der Waals surface area (Å²) in [6.07, 6.45) is 3.83. The number of carbonyl (C=O) groups is 1. The van der Waals surface area contributed by atoms with Crippen molar-refractivity contribution in [2.24, 2.45) is 0 Å². The number of amides is 1. The van der Waals surface area contributed by atoms with Crippen LogP contribution in [0.1, 0.15) is 39.0 Å². The molecule has 0 saturated carbocycles. The van der Waals surface area contributed by atoms with Crippen LogP contribution in [0.4, 0.5) is 0 Å². The maximum absolute atomic E-state index is 12.7. The number of nitrogens with zero attached hydrogens (tertiary/aromatic N) is 3. The molecule has 1 amide bonds. The lowest BCUT2D eigenvalue weighted by molar-refractivity contribution is -0.130. The Labute approximate surface area is 164 Å². The van der Waals surface area contributed by atoms with Crippen LogP contribution < -0.4 is 5.76 Å². The van der Waals surface area contributed by atoms with E-state index in [1.165, 1.54) is 21.0 Å². The highest BCUT2D eigenvalue weighted by molar-refractivity contribution is 7.89. The van der Waals surface area contributed by atoms with Crippen LogP contribution in [0.2, 0.25) is 0 Å². The van der Waals surface area contributed by atoms with Crippen LogP contribution in [0.25, 0.3) is 11.1 Å². The zero-order chi connectivity index (χ0) is 20.3. The van der Waals surface area contributed by atoms with Crippen molar-refractivity contribution in [1.29, 1.82) is 0 Å². The lowest BCUT2D eigenvalue weighted by Crippen LogP contribution is -2.29. The summed E-state index contributed by atoms with van der Waals surface area (Å²) in [6, 6.07) is 4.47. The molecule has 1 saturated heterocycles. The zero-order valence-corrected chi connectivity index (χ0v) is 17.2. The number of hydrogen-bond acceptors (Lipinski definition) is 5. The second-order valence-electron chi connectivity index (χ2n) is 7.18. The van der Waals surface area contributed by atoms with Crippen molar-refractivity contribution >= 4 is 27.0 Å². The summed E-state index contributed by atoms with van der Waals surface area (Å²) in [4.78, 5) is 26.2. The van der Waals surface area contributed by atoms with Crippen LogP contribution >= 0.6 is 0 Å². The van der Waals surface area contributed by atoms with Crippen LogP contribution in [0.5, 0.6) is 0 Å². The van der Waals surface area contributed by atoms with Gasteiger partial charge in [0.25, 0.3) is 0 Å². The number of hydrogen-bond donors (Lipinski definition) is 0. The highest BCUT2D eigenvalue weighted by Crippen LogP contribution is 2.24. The monoisotopic (exact) mass is 409 g/mol. The summed E-state index contributed by atoms with van der Waals surface area (Å²) in [6.45, 7) is 3.97. The van der Waals surface area contributed by atoms with Crippen LogP contribution in [0.15, 0.2) is 32.3 Å². The highest BCUT2D eigenvalue weighted by atomic mass is 32.2. The molecule has 154 valence electrons. The molecule has 0 spiro atoms. The van der Waals surface area contributed by atoms with Crippen molar-refractivity contribution in [1.82, 2.24) is 13.8 Å². The molecule has 0 bridgehead atoms. The summed E-state index contributed by atoms with van der Waals surface area (Å²) in [7, 11) is -1.82. The number of carbonyl (C=O) groups excluding carboxylic acids is 1. The summed E-state index contributed by atoms with van der Waals surface area (Å²) < 4.78 is 33.5. The van der Waals surface area contributed by atoms with Gasteiger partial charge >= 0.3 is 5.76 Å². The Balaban J connectivity index is 1.79. The number of aryl methyl sites for hydroxylation is 1. The first-order chi connectivity index (χ1) is 13.3. The molecule has 1 fully saturated rings. The minimum absolute atomic E-state index is 0.0390. The standard InChI is InChI=1S/C19H27N3O5S/c1-3-4-10-20(2)18(23)9-13-22-16-8-7-15(14-17(16)27-19(22)24)28(25,26)21-11-5-6-12-21/h7-8,14H,3-6,9-13H2,1-2H3. The van der Waals surface area contributed by atoms with E-state index in [1.807, 2.05) is 0 Å². The molecule has 0 aliphatic carbocycles. The molecule has 2 aromatic rings. The second-order valence-corrected chi connectivity index (χ2v) is 9.12. The van der Waals surface area contributed by atoms with Gasteiger partial charge in [0, 0.05) is 45.7 Å². The number of benzene rings is 1. The smallest absolute Gasteiger partial charge is 0.408 e. The Bertz CT molecular complexity index is 1000. The van der Waals surface area contributed by atoms with E-state index in [0.717, 1.165) is 25.7 Å². The Morgan fingerprint density at radius 2 is 1.96 bits per heavy atom. The lowest BCUT2D eigenvalue weighted by Gasteiger charge is -2.16. The van der Waals surface area contributed by atoms with Gasteiger partial charge in [-0.15, -0.1) is 0 Å². The summed E-state index contributed by atoms with van der Waals surface area (Å²) in [5.41, 5.74) is 0.714. The van der Waals surface area contributed by atoms with Gasteiger partial charge < -0.3 is 9.32 Å². The highest BCUT2D eigenvalue weighted by Gasteiger charge is 2.28. The molecule has 1 aliphatic rings. The quantitative estimate of drug-likeness (QED) is 0.665. The van der Waals surface area contributed by atoms with Gasteiger partial charge in [-0.3, -0.25) is 9.36 Å². The normalized spacial score (nSPS) is 15.4. The zero-order valence-electron chi connectivity index (χ0n) is 16.4. The fourth-order valence-corrected chi connectivity index (χ4v) is 4.95.